The molecule has 4 rings (SSSR count). The molecule has 5 heteroatoms. The van der Waals surface area contributed by atoms with E-state index in [1.165, 1.54) is 0 Å². The fourth-order valence-electron chi connectivity index (χ4n) is 3.58. The van der Waals surface area contributed by atoms with Crippen LogP contribution in [0, 0.1) is 0 Å². The lowest BCUT2D eigenvalue weighted by atomic mass is 10.1. The summed E-state index contributed by atoms with van der Waals surface area (Å²) in [4.78, 5) is 19.7. The number of hydrogen-bond donors (Lipinski definition) is 1. The maximum atomic E-state index is 12.6. The molecule has 2 heterocycles. The Bertz CT molecular complexity index is 1190. The molecule has 1 N–H and O–H groups in total. The Morgan fingerprint density at radius 1 is 1.00 bits per heavy atom. The molecule has 0 amide bonds. The minimum Gasteiger partial charge on any atom is -0.422 e. The Kier molecular flexibility index (Phi) is 4.44. The van der Waals surface area contributed by atoms with Crippen LogP contribution in [0.2, 0.25) is 0 Å². The Balaban J connectivity index is 1.97. The zero-order valence-corrected chi connectivity index (χ0v) is 15.9. The van der Waals surface area contributed by atoms with Crippen LogP contribution in [-0.4, -0.2) is 24.6 Å². The van der Waals surface area contributed by atoms with Crippen LogP contribution in [-0.2, 0) is 0 Å². The molecule has 0 radical (unpaired) electrons. The molecule has 0 unspecified atom stereocenters. The highest BCUT2D eigenvalue weighted by Crippen LogP contribution is 2.28. The lowest BCUT2D eigenvalue weighted by Gasteiger charge is -2.21. The average molecular weight is 361 g/mol. The highest BCUT2D eigenvalue weighted by atomic mass is 16.4. The van der Waals surface area contributed by atoms with Crippen molar-refractivity contribution in [3.05, 3.63) is 52.9 Å². The fraction of sp³-hybridized carbons (Fsp3) is 0.273. The first kappa shape index (κ1) is 17.3. The largest absolute Gasteiger partial charge is 0.422 e. The summed E-state index contributed by atoms with van der Waals surface area (Å²) in [6.45, 7) is 8.97. The zero-order chi connectivity index (χ0) is 19.0. The van der Waals surface area contributed by atoms with Gasteiger partial charge in [0.1, 0.15) is 5.58 Å². The molecule has 4 aromatic rings. The average Bonchev–Trinajstić information content (AvgIpc) is 2.68. The summed E-state index contributed by atoms with van der Waals surface area (Å²) >= 11 is 0. The standard InChI is InChI=1S/C22H23N3O2/c1-4-23-15-7-9-17-20(13-15)27-22(26)18-12-14-11-16(25(5-2)6-3)8-10-19(14)24-21(17)18/h7-13,23H,4-6H2,1-3H3. The maximum absolute atomic E-state index is 12.6. The summed E-state index contributed by atoms with van der Waals surface area (Å²) in [5.74, 6) is 0. The van der Waals surface area contributed by atoms with E-state index in [0.29, 0.717) is 16.5 Å². The number of nitrogens with one attached hydrogen (secondary N) is 1. The Labute approximate surface area is 157 Å². The smallest absolute Gasteiger partial charge is 0.345 e. The molecule has 138 valence electrons. The van der Waals surface area contributed by atoms with E-state index in [4.69, 9.17) is 9.40 Å². The number of nitrogens with zero attached hydrogens (tertiary/aromatic N) is 2. The monoisotopic (exact) mass is 361 g/mol. The van der Waals surface area contributed by atoms with Crippen LogP contribution < -0.4 is 15.8 Å². The summed E-state index contributed by atoms with van der Waals surface area (Å²) in [5, 5.41) is 5.55. The molecule has 0 atom stereocenters. The summed E-state index contributed by atoms with van der Waals surface area (Å²) in [5.41, 5.74) is 3.83. The van der Waals surface area contributed by atoms with Crippen LogP contribution >= 0.6 is 0 Å². The third-order valence-corrected chi connectivity index (χ3v) is 4.97. The Morgan fingerprint density at radius 2 is 1.81 bits per heavy atom. The van der Waals surface area contributed by atoms with Crippen molar-refractivity contribution in [2.45, 2.75) is 20.8 Å². The normalized spacial score (nSPS) is 11.4. The molecule has 0 saturated heterocycles. The van der Waals surface area contributed by atoms with Crippen molar-refractivity contribution in [3.8, 4) is 0 Å². The van der Waals surface area contributed by atoms with Crippen molar-refractivity contribution < 1.29 is 4.42 Å². The highest BCUT2D eigenvalue weighted by molar-refractivity contribution is 6.06. The number of rotatable bonds is 5. The van der Waals surface area contributed by atoms with Crippen LogP contribution in [0.25, 0.3) is 32.8 Å². The molecule has 0 bridgehead atoms. The van der Waals surface area contributed by atoms with Gasteiger partial charge in [-0.2, -0.15) is 0 Å². The van der Waals surface area contributed by atoms with Crippen LogP contribution in [0.5, 0.6) is 0 Å². The van der Waals surface area contributed by atoms with E-state index in [1.807, 2.05) is 37.3 Å². The minimum atomic E-state index is -0.353. The minimum absolute atomic E-state index is 0.353. The third-order valence-electron chi connectivity index (χ3n) is 4.97. The molecule has 0 fully saturated rings. The Morgan fingerprint density at radius 3 is 2.56 bits per heavy atom. The van der Waals surface area contributed by atoms with Crippen LogP contribution in [0.3, 0.4) is 0 Å². The van der Waals surface area contributed by atoms with Gasteiger partial charge in [0.25, 0.3) is 0 Å². The summed E-state index contributed by atoms with van der Waals surface area (Å²) in [7, 11) is 0. The Hall–Kier alpha value is -3.08. The maximum Gasteiger partial charge on any atom is 0.345 e. The molecular weight excluding hydrogens is 338 g/mol. The van der Waals surface area contributed by atoms with Gasteiger partial charge in [0.15, 0.2) is 0 Å². The van der Waals surface area contributed by atoms with Gasteiger partial charge < -0.3 is 14.6 Å². The number of hydrogen-bond acceptors (Lipinski definition) is 5. The molecule has 2 aromatic heterocycles. The number of benzene rings is 2. The fourth-order valence-corrected chi connectivity index (χ4v) is 3.58. The van der Waals surface area contributed by atoms with Crippen molar-refractivity contribution in [2.75, 3.05) is 29.9 Å². The van der Waals surface area contributed by atoms with E-state index >= 15 is 0 Å². The van der Waals surface area contributed by atoms with Gasteiger partial charge in [-0.3, -0.25) is 0 Å². The van der Waals surface area contributed by atoms with E-state index in [9.17, 15) is 4.79 Å². The molecular formula is C22H23N3O2. The van der Waals surface area contributed by atoms with E-state index in [1.54, 1.807) is 0 Å². The SMILES string of the molecule is CCNc1ccc2c(c1)oc(=O)c1cc3cc(N(CC)CC)ccc3nc12. The number of aromatic nitrogens is 1. The predicted octanol–water partition coefficient (Wildman–Crippen LogP) is 4.77. The van der Waals surface area contributed by atoms with Crippen LogP contribution in [0.1, 0.15) is 20.8 Å². The number of pyridine rings is 1. The van der Waals surface area contributed by atoms with Gasteiger partial charge in [-0.25, -0.2) is 9.78 Å². The number of fused-ring (bicyclic) bond motifs is 4. The van der Waals surface area contributed by atoms with Gasteiger partial charge in [-0.05, 0) is 57.2 Å². The van der Waals surface area contributed by atoms with Crippen molar-refractivity contribution in [3.63, 3.8) is 0 Å². The van der Waals surface area contributed by atoms with Crippen LogP contribution in [0.15, 0.2) is 51.7 Å². The molecule has 0 aliphatic heterocycles. The molecule has 2 aromatic carbocycles. The molecule has 0 aliphatic carbocycles. The molecule has 0 aliphatic rings. The van der Waals surface area contributed by atoms with Crippen molar-refractivity contribution in [2.24, 2.45) is 0 Å². The molecule has 5 nitrogen and oxygen atoms in total. The highest BCUT2D eigenvalue weighted by Gasteiger charge is 2.12. The van der Waals surface area contributed by atoms with E-state index < -0.39 is 0 Å². The second kappa shape index (κ2) is 6.91. The molecule has 27 heavy (non-hydrogen) atoms. The molecule has 0 saturated carbocycles. The van der Waals surface area contributed by atoms with Crippen molar-refractivity contribution in [1.29, 1.82) is 0 Å². The first-order valence-corrected chi connectivity index (χ1v) is 9.44. The first-order valence-electron chi connectivity index (χ1n) is 9.44. The quantitative estimate of drug-likeness (QED) is 0.315. The van der Waals surface area contributed by atoms with E-state index in [-0.39, 0.29) is 5.63 Å². The summed E-state index contributed by atoms with van der Waals surface area (Å²) < 4.78 is 5.58. The second-order valence-corrected chi connectivity index (χ2v) is 6.56. The predicted molar refractivity (Wildman–Crippen MR) is 113 cm³/mol. The zero-order valence-electron chi connectivity index (χ0n) is 15.9. The second-order valence-electron chi connectivity index (χ2n) is 6.56. The van der Waals surface area contributed by atoms with E-state index in [0.717, 1.165) is 47.3 Å². The van der Waals surface area contributed by atoms with Gasteiger partial charge in [0.2, 0.25) is 0 Å². The lowest BCUT2D eigenvalue weighted by molar-refractivity contribution is 0.569. The lowest BCUT2D eigenvalue weighted by Crippen LogP contribution is -2.21. The van der Waals surface area contributed by atoms with Gasteiger partial charge in [0, 0.05) is 47.8 Å². The van der Waals surface area contributed by atoms with Gasteiger partial charge in [-0.15, -0.1) is 0 Å². The van der Waals surface area contributed by atoms with Crippen molar-refractivity contribution in [1.82, 2.24) is 4.98 Å². The topological polar surface area (TPSA) is 58.4 Å². The summed E-state index contributed by atoms with van der Waals surface area (Å²) in [6, 6.07) is 13.9. The van der Waals surface area contributed by atoms with Gasteiger partial charge in [0.05, 0.1) is 16.4 Å². The van der Waals surface area contributed by atoms with Gasteiger partial charge >= 0.3 is 5.63 Å². The van der Waals surface area contributed by atoms with E-state index in [2.05, 4.69) is 36.2 Å². The first-order chi connectivity index (χ1) is 13.1. The molecule has 0 spiro atoms. The van der Waals surface area contributed by atoms with Crippen LogP contribution in [0.4, 0.5) is 11.4 Å². The number of anilines is 2. The summed E-state index contributed by atoms with van der Waals surface area (Å²) in [6.07, 6.45) is 0. The van der Waals surface area contributed by atoms with Gasteiger partial charge in [-0.1, -0.05) is 0 Å². The third kappa shape index (κ3) is 2.99. The van der Waals surface area contributed by atoms with Crippen molar-refractivity contribution >= 4 is 44.1 Å².